The number of nitrogens with zero attached hydrogens (tertiary/aromatic N) is 4. The second kappa shape index (κ2) is 13.6. The Morgan fingerprint density at radius 2 is 1.71 bits per heavy atom. The highest BCUT2D eigenvalue weighted by atomic mass is 19.1. The molecule has 0 bridgehead atoms. The monoisotopic (exact) mass is 569 g/mol. The van der Waals surface area contributed by atoms with E-state index >= 15 is 0 Å². The lowest BCUT2D eigenvalue weighted by Crippen LogP contribution is -2.29. The highest BCUT2D eigenvalue weighted by molar-refractivity contribution is 6.02. The number of carbonyl (C=O) groups excluding carboxylic acids is 1. The van der Waals surface area contributed by atoms with Gasteiger partial charge < -0.3 is 30.5 Å². The maximum Gasteiger partial charge on any atom is 0.247 e. The molecule has 0 unspecified atom stereocenters. The van der Waals surface area contributed by atoms with Crippen molar-refractivity contribution < 1.29 is 13.9 Å². The fourth-order valence-corrected chi connectivity index (χ4v) is 4.18. The molecule has 42 heavy (non-hydrogen) atoms. The second-order valence-corrected chi connectivity index (χ2v) is 10.1. The number of halogens is 1. The number of aryl methyl sites for hydroxylation is 1. The van der Waals surface area contributed by atoms with Gasteiger partial charge in [-0.25, -0.2) is 9.37 Å². The molecule has 3 N–H and O–H groups in total. The number of hydrogen-bond acceptors (Lipinski definition) is 8. The standard InChI is InChI=1S/C32H36FN7O2/c1-7-30(41)36-26-18-27(29(42-6)19-28(26)40(5)17-16-39(3)4)37-32-34-20-25(22-10-12-23(33)13-11-22)31(38-32)35-24-14-8-21(2)9-15-24/h7-15,18-20H,1,16-17H2,2-6H3,(H,36,41)(H2,34,35,37,38). The number of likely N-dealkylation sites (N-methyl/N-ethyl adjacent to an activating group) is 2. The number of nitrogens with one attached hydrogen (secondary N) is 3. The first-order valence-electron chi connectivity index (χ1n) is 13.4. The molecule has 1 heterocycles. The third-order valence-electron chi connectivity index (χ3n) is 6.56. The molecular formula is C32H36FN7O2. The summed E-state index contributed by atoms with van der Waals surface area (Å²) in [6, 6.07) is 17.7. The van der Waals surface area contributed by atoms with E-state index in [-0.39, 0.29) is 11.7 Å². The molecule has 4 aromatic rings. The van der Waals surface area contributed by atoms with Crippen LogP contribution in [0.25, 0.3) is 11.1 Å². The van der Waals surface area contributed by atoms with Crippen LogP contribution in [0, 0.1) is 12.7 Å². The molecule has 0 fully saturated rings. The predicted octanol–water partition coefficient (Wildman–Crippen LogP) is 6.21. The van der Waals surface area contributed by atoms with E-state index in [1.54, 1.807) is 31.5 Å². The number of methoxy groups -OCH3 is 1. The van der Waals surface area contributed by atoms with Crippen molar-refractivity contribution >= 4 is 40.4 Å². The zero-order valence-electron chi connectivity index (χ0n) is 24.5. The quantitative estimate of drug-likeness (QED) is 0.173. The van der Waals surface area contributed by atoms with Gasteiger partial charge in [-0.1, -0.05) is 36.4 Å². The second-order valence-electron chi connectivity index (χ2n) is 10.1. The zero-order valence-corrected chi connectivity index (χ0v) is 24.5. The Morgan fingerprint density at radius 1 is 1.00 bits per heavy atom. The molecule has 0 aliphatic rings. The van der Waals surface area contributed by atoms with Gasteiger partial charge in [-0.3, -0.25) is 4.79 Å². The molecule has 218 valence electrons. The van der Waals surface area contributed by atoms with Crippen LogP contribution in [0.15, 0.2) is 79.5 Å². The summed E-state index contributed by atoms with van der Waals surface area (Å²) in [6.45, 7) is 7.14. The molecule has 3 aromatic carbocycles. The summed E-state index contributed by atoms with van der Waals surface area (Å²) in [5.41, 5.74) is 5.34. The van der Waals surface area contributed by atoms with Gasteiger partial charge in [-0.2, -0.15) is 4.98 Å². The molecule has 0 atom stereocenters. The number of carbonyl (C=O) groups is 1. The molecular weight excluding hydrogens is 533 g/mol. The highest BCUT2D eigenvalue weighted by Crippen LogP contribution is 2.38. The molecule has 0 spiro atoms. The molecule has 0 aliphatic carbocycles. The van der Waals surface area contributed by atoms with Crippen LogP contribution in [0.4, 0.5) is 38.9 Å². The first-order valence-corrected chi connectivity index (χ1v) is 13.4. The minimum atomic E-state index is -0.335. The minimum absolute atomic E-state index is 0.295. The van der Waals surface area contributed by atoms with E-state index in [1.807, 2.05) is 63.3 Å². The Hall–Kier alpha value is -4.96. The number of aromatic nitrogens is 2. The van der Waals surface area contributed by atoms with Crippen LogP contribution in [0.5, 0.6) is 5.75 Å². The van der Waals surface area contributed by atoms with Gasteiger partial charge in [-0.05, 0) is 63.0 Å². The Kier molecular flexibility index (Phi) is 9.72. The lowest BCUT2D eigenvalue weighted by molar-refractivity contribution is -0.111. The lowest BCUT2D eigenvalue weighted by Gasteiger charge is -2.26. The van der Waals surface area contributed by atoms with Crippen molar-refractivity contribution in [2.75, 3.05) is 62.2 Å². The Balaban J connectivity index is 1.74. The van der Waals surface area contributed by atoms with Crippen molar-refractivity contribution in [2.24, 2.45) is 0 Å². The number of benzene rings is 3. The Morgan fingerprint density at radius 3 is 2.36 bits per heavy atom. The van der Waals surface area contributed by atoms with E-state index in [0.29, 0.717) is 34.5 Å². The van der Waals surface area contributed by atoms with Gasteiger partial charge in [-0.15, -0.1) is 0 Å². The summed E-state index contributed by atoms with van der Waals surface area (Å²) in [7, 11) is 7.54. The van der Waals surface area contributed by atoms with Gasteiger partial charge in [0.2, 0.25) is 11.9 Å². The number of rotatable bonds is 12. The first kappa shape index (κ1) is 30.0. The number of anilines is 6. The average Bonchev–Trinajstić information content (AvgIpc) is 2.98. The highest BCUT2D eigenvalue weighted by Gasteiger charge is 2.18. The third-order valence-corrected chi connectivity index (χ3v) is 6.56. The SMILES string of the molecule is C=CC(=O)Nc1cc(Nc2ncc(-c3ccc(F)cc3)c(Nc3ccc(C)cc3)n2)c(OC)cc1N(C)CCN(C)C. The van der Waals surface area contributed by atoms with Crippen LogP contribution in [-0.2, 0) is 4.79 Å². The van der Waals surface area contributed by atoms with Gasteiger partial charge in [0.05, 0.1) is 24.2 Å². The van der Waals surface area contributed by atoms with E-state index in [0.717, 1.165) is 35.6 Å². The summed E-state index contributed by atoms with van der Waals surface area (Å²) < 4.78 is 19.4. The predicted molar refractivity (Wildman–Crippen MR) is 169 cm³/mol. The number of hydrogen-bond donors (Lipinski definition) is 3. The molecule has 4 rings (SSSR count). The van der Waals surface area contributed by atoms with Gasteiger partial charge >= 0.3 is 0 Å². The topological polar surface area (TPSA) is 94.6 Å². The van der Waals surface area contributed by atoms with Crippen molar-refractivity contribution in [3.8, 4) is 16.9 Å². The van der Waals surface area contributed by atoms with E-state index in [4.69, 9.17) is 9.72 Å². The molecule has 0 saturated heterocycles. The third kappa shape index (κ3) is 7.61. The van der Waals surface area contributed by atoms with Gasteiger partial charge in [0.25, 0.3) is 0 Å². The summed E-state index contributed by atoms with van der Waals surface area (Å²) in [4.78, 5) is 25.8. The van der Waals surface area contributed by atoms with Crippen LogP contribution < -0.4 is 25.6 Å². The van der Waals surface area contributed by atoms with Crippen molar-refractivity contribution in [3.05, 3.63) is 90.9 Å². The van der Waals surface area contributed by atoms with Crippen molar-refractivity contribution in [3.63, 3.8) is 0 Å². The maximum atomic E-state index is 13.7. The molecule has 0 saturated carbocycles. The van der Waals surface area contributed by atoms with Gasteiger partial charge in [0.15, 0.2) is 0 Å². The number of amides is 1. The van der Waals surface area contributed by atoms with Crippen LogP contribution in [-0.4, -0.2) is 62.1 Å². The van der Waals surface area contributed by atoms with Crippen molar-refractivity contribution in [2.45, 2.75) is 6.92 Å². The molecule has 10 heteroatoms. The Labute approximate surface area is 246 Å². The summed E-state index contributed by atoms with van der Waals surface area (Å²) in [6.07, 6.45) is 2.90. The summed E-state index contributed by atoms with van der Waals surface area (Å²) >= 11 is 0. The van der Waals surface area contributed by atoms with Crippen LogP contribution in [0.3, 0.4) is 0 Å². The Bertz CT molecular complexity index is 1540. The summed E-state index contributed by atoms with van der Waals surface area (Å²) in [5, 5.41) is 9.51. The number of ether oxygens (including phenoxy) is 1. The minimum Gasteiger partial charge on any atom is -0.494 e. The van der Waals surface area contributed by atoms with E-state index in [1.165, 1.54) is 18.2 Å². The van der Waals surface area contributed by atoms with E-state index < -0.39 is 0 Å². The largest absolute Gasteiger partial charge is 0.494 e. The van der Waals surface area contributed by atoms with Crippen LogP contribution >= 0.6 is 0 Å². The van der Waals surface area contributed by atoms with Gasteiger partial charge in [0.1, 0.15) is 17.4 Å². The summed E-state index contributed by atoms with van der Waals surface area (Å²) in [5.74, 6) is 0.703. The van der Waals surface area contributed by atoms with Crippen LogP contribution in [0.1, 0.15) is 5.56 Å². The smallest absolute Gasteiger partial charge is 0.247 e. The normalized spacial score (nSPS) is 10.7. The molecule has 1 amide bonds. The van der Waals surface area contributed by atoms with Crippen molar-refractivity contribution in [1.82, 2.24) is 14.9 Å². The van der Waals surface area contributed by atoms with E-state index in [9.17, 15) is 9.18 Å². The lowest BCUT2D eigenvalue weighted by atomic mass is 10.1. The maximum absolute atomic E-state index is 13.7. The molecule has 9 nitrogen and oxygen atoms in total. The molecule has 1 aromatic heterocycles. The van der Waals surface area contributed by atoms with Crippen LogP contribution in [0.2, 0.25) is 0 Å². The fraction of sp³-hybridized carbons (Fsp3) is 0.219. The average molecular weight is 570 g/mol. The molecule has 0 aliphatic heterocycles. The van der Waals surface area contributed by atoms with Crippen molar-refractivity contribution in [1.29, 1.82) is 0 Å². The van der Waals surface area contributed by atoms with Gasteiger partial charge in [0, 0.05) is 43.7 Å². The zero-order chi connectivity index (χ0) is 30.2. The molecule has 0 radical (unpaired) electrons. The van der Waals surface area contributed by atoms with E-state index in [2.05, 4.69) is 32.4 Å². The fourth-order valence-electron chi connectivity index (χ4n) is 4.18. The first-order chi connectivity index (χ1) is 20.2.